The van der Waals surface area contributed by atoms with Crippen molar-refractivity contribution in [2.75, 3.05) is 50.1 Å². The summed E-state index contributed by atoms with van der Waals surface area (Å²) in [5, 5.41) is 2.70. The van der Waals surface area contributed by atoms with Crippen molar-refractivity contribution in [1.29, 1.82) is 0 Å². The first-order valence-corrected chi connectivity index (χ1v) is 12.1. The molecule has 1 N–H and O–H groups in total. The van der Waals surface area contributed by atoms with E-state index in [0.29, 0.717) is 43.4 Å². The molecule has 10 nitrogen and oxygen atoms in total. The Bertz CT molecular complexity index is 1210. The summed E-state index contributed by atoms with van der Waals surface area (Å²) in [4.78, 5) is 22.7. The van der Waals surface area contributed by atoms with Crippen molar-refractivity contribution in [2.45, 2.75) is 4.90 Å². The fourth-order valence-electron chi connectivity index (χ4n) is 3.51. The van der Waals surface area contributed by atoms with Gasteiger partial charge in [-0.2, -0.15) is 4.31 Å². The first-order valence-electron chi connectivity index (χ1n) is 10.6. The molecule has 0 unspecified atom stereocenters. The maximum absolute atomic E-state index is 13.0. The van der Waals surface area contributed by atoms with Crippen LogP contribution in [-0.2, 0) is 14.8 Å². The van der Waals surface area contributed by atoms with Crippen LogP contribution < -0.4 is 19.7 Å². The molecule has 1 aliphatic rings. The Balaban J connectivity index is 1.31. The highest BCUT2D eigenvalue weighted by Crippen LogP contribution is 2.22. The molecule has 1 fully saturated rings. The van der Waals surface area contributed by atoms with Crippen LogP contribution in [-0.4, -0.2) is 68.5 Å². The van der Waals surface area contributed by atoms with E-state index in [2.05, 4.69) is 15.3 Å². The third-order valence-electron chi connectivity index (χ3n) is 5.30. The topological polar surface area (TPSA) is 114 Å². The smallest absolute Gasteiger partial charge is 0.262 e. The van der Waals surface area contributed by atoms with Crippen molar-refractivity contribution >= 4 is 27.4 Å². The number of ether oxygens (including phenoxy) is 2. The Morgan fingerprint density at radius 1 is 1.03 bits per heavy atom. The van der Waals surface area contributed by atoms with Gasteiger partial charge in [-0.05, 0) is 36.4 Å². The summed E-state index contributed by atoms with van der Waals surface area (Å²) in [5.41, 5.74) is 0.477. The minimum absolute atomic E-state index is 0.172. The maximum atomic E-state index is 13.0. The number of nitrogens with one attached hydrogen (secondary N) is 1. The second-order valence-corrected chi connectivity index (χ2v) is 9.43. The van der Waals surface area contributed by atoms with Crippen molar-refractivity contribution in [1.82, 2.24) is 14.3 Å². The quantitative estimate of drug-likeness (QED) is 0.518. The van der Waals surface area contributed by atoms with Gasteiger partial charge in [0.25, 0.3) is 5.91 Å². The second kappa shape index (κ2) is 10.5. The zero-order chi connectivity index (χ0) is 24.0. The molecule has 1 saturated heterocycles. The van der Waals surface area contributed by atoms with Gasteiger partial charge in [0.15, 0.2) is 6.61 Å². The molecule has 0 spiro atoms. The van der Waals surface area contributed by atoms with Gasteiger partial charge in [0.1, 0.15) is 17.3 Å². The number of rotatable bonds is 8. The van der Waals surface area contributed by atoms with Crippen molar-refractivity contribution in [2.24, 2.45) is 0 Å². The SMILES string of the molecule is COc1cccc(OCC(=O)Nc2ccc(S(=O)(=O)N3CCN(c4cnccn4)CC3)cc2)c1. The molecule has 0 radical (unpaired) electrons. The largest absolute Gasteiger partial charge is 0.497 e. The number of amides is 1. The Morgan fingerprint density at radius 3 is 2.44 bits per heavy atom. The minimum atomic E-state index is -3.64. The van der Waals surface area contributed by atoms with Crippen LogP contribution in [0.25, 0.3) is 0 Å². The molecule has 0 saturated carbocycles. The number of carbonyl (C=O) groups is 1. The number of benzene rings is 2. The van der Waals surface area contributed by atoms with E-state index in [0.717, 1.165) is 5.82 Å². The van der Waals surface area contributed by atoms with E-state index in [1.807, 2.05) is 4.90 Å². The first kappa shape index (κ1) is 23.5. The Hall–Kier alpha value is -3.70. The van der Waals surface area contributed by atoms with Crippen molar-refractivity contribution < 1.29 is 22.7 Å². The van der Waals surface area contributed by atoms with Gasteiger partial charge < -0.3 is 19.7 Å². The summed E-state index contributed by atoms with van der Waals surface area (Å²) >= 11 is 0. The van der Waals surface area contributed by atoms with Gasteiger partial charge in [0.2, 0.25) is 10.0 Å². The van der Waals surface area contributed by atoms with Crippen LogP contribution in [0.3, 0.4) is 0 Å². The molecule has 1 aliphatic heterocycles. The average molecular weight is 484 g/mol. The van der Waals surface area contributed by atoms with Gasteiger partial charge in [-0.25, -0.2) is 13.4 Å². The number of hydrogen-bond acceptors (Lipinski definition) is 8. The van der Waals surface area contributed by atoms with Crippen LogP contribution in [0.2, 0.25) is 0 Å². The van der Waals surface area contributed by atoms with Crippen LogP contribution in [0.1, 0.15) is 0 Å². The summed E-state index contributed by atoms with van der Waals surface area (Å²) in [5.74, 6) is 1.51. The summed E-state index contributed by atoms with van der Waals surface area (Å²) < 4.78 is 38.1. The van der Waals surface area contributed by atoms with Gasteiger partial charge in [0, 0.05) is 50.3 Å². The lowest BCUT2D eigenvalue weighted by molar-refractivity contribution is -0.118. The number of methoxy groups -OCH3 is 1. The number of sulfonamides is 1. The normalized spacial score (nSPS) is 14.4. The van der Waals surface area contributed by atoms with Gasteiger partial charge in [-0.1, -0.05) is 6.07 Å². The average Bonchev–Trinajstić information content (AvgIpc) is 2.88. The minimum Gasteiger partial charge on any atom is -0.497 e. The van der Waals surface area contributed by atoms with Gasteiger partial charge >= 0.3 is 0 Å². The maximum Gasteiger partial charge on any atom is 0.262 e. The lowest BCUT2D eigenvalue weighted by atomic mass is 10.3. The third-order valence-corrected chi connectivity index (χ3v) is 7.21. The van der Waals surface area contributed by atoms with E-state index >= 15 is 0 Å². The molecule has 3 aromatic rings. The van der Waals surface area contributed by atoms with Crippen molar-refractivity contribution in [3.8, 4) is 11.5 Å². The molecular weight excluding hydrogens is 458 g/mol. The number of hydrogen-bond donors (Lipinski definition) is 1. The second-order valence-electron chi connectivity index (χ2n) is 7.49. The fraction of sp³-hybridized carbons (Fsp3) is 0.261. The highest BCUT2D eigenvalue weighted by Gasteiger charge is 2.29. The van der Waals surface area contributed by atoms with Gasteiger partial charge in [0.05, 0.1) is 18.2 Å². The summed E-state index contributed by atoms with van der Waals surface area (Å²) in [6.07, 6.45) is 4.88. The molecule has 11 heteroatoms. The lowest BCUT2D eigenvalue weighted by Crippen LogP contribution is -2.48. The Labute approximate surface area is 198 Å². The molecule has 34 heavy (non-hydrogen) atoms. The Morgan fingerprint density at radius 2 is 1.76 bits per heavy atom. The van der Waals surface area contributed by atoms with Crippen LogP contribution in [0.4, 0.5) is 11.5 Å². The fourth-order valence-corrected chi connectivity index (χ4v) is 4.93. The number of carbonyl (C=O) groups excluding carboxylic acids is 1. The number of anilines is 2. The molecule has 1 amide bonds. The number of aromatic nitrogens is 2. The van der Waals surface area contributed by atoms with E-state index < -0.39 is 10.0 Å². The van der Waals surface area contributed by atoms with Crippen LogP contribution in [0.5, 0.6) is 11.5 Å². The molecule has 1 aromatic heterocycles. The summed E-state index contributed by atoms with van der Waals surface area (Å²) in [7, 11) is -2.09. The standard InChI is InChI=1S/C23H25N5O5S/c1-32-19-3-2-4-20(15-19)33-17-23(29)26-18-5-7-21(8-6-18)34(30,31)28-13-11-27(12-14-28)22-16-24-9-10-25-22/h2-10,15-16H,11-14,17H2,1H3,(H,26,29). The first-order chi connectivity index (χ1) is 16.5. The third kappa shape index (κ3) is 5.61. The predicted octanol–water partition coefficient (Wildman–Crippen LogP) is 2.01. The molecular formula is C23H25N5O5S. The Kier molecular flexibility index (Phi) is 7.24. The molecule has 2 aromatic carbocycles. The zero-order valence-electron chi connectivity index (χ0n) is 18.6. The van der Waals surface area contributed by atoms with Gasteiger partial charge in [-0.3, -0.25) is 9.78 Å². The molecule has 2 heterocycles. The molecule has 0 bridgehead atoms. The molecule has 4 rings (SSSR count). The molecule has 0 atom stereocenters. The van der Waals surface area contributed by atoms with Crippen molar-refractivity contribution in [3.63, 3.8) is 0 Å². The highest BCUT2D eigenvalue weighted by molar-refractivity contribution is 7.89. The summed E-state index contributed by atoms with van der Waals surface area (Å²) in [6, 6.07) is 13.0. The van der Waals surface area contributed by atoms with E-state index in [-0.39, 0.29) is 17.4 Å². The van der Waals surface area contributed by atoms with Crippen LogP contribution >= 0.6 is 0 Å². The monoisotopic (exact) mass is 483 g/mol. The van der Waals surface area contributed by atoms with E-state index in [1.165, 1.54) is 16.4 Å². The van der Waals surface area contributed by atoms with Crippen LogP contribution in [0, 0.1) is 0 Å². The van der Waals surface area contributed by atoms with E-state index in [1.54, 1.807) is 62.1 Å². The number of piperazine rings is 1. The van der Waals surface area contributed by atoms with E-state index in [4.69, 9.17) is 9.47 Å². The van der Waals surface area contributed by atoms with Crippen molar-refractivity contribution in [3.05, 3.63) is 67.1 Å². The molecule has 0 aliphatic carbocycles. The van der Waals surface area contributed by atoms with Gasteiger partial charge in [-0.15, -0.1) is 0 Å². The lowest BCUT2D eigenvalue weighted by Gasteiger charge is -2.34. The van der Waals surface area contributed by atoms with E-state index in [9.17, 15) is 13.2 Å². The zero-order valence-corrected chi connectivity index (χ0v) is 19.4. The van der Waals surface area contributed by atoms with Crippen LogP contribution in [0.15, 0.2) is 72.0 Å². The highest BCUT2D eigenvalue weighted by atomic mass is 32.2. The predicted molar refractivity (Wildman–Crippen MR) is 127 cm³/mol. The number of nitrogens with zero attached hydrogens (tertiary/aromatic N) is 4. The molecule has 178 valence electrons. The summed E-state index contributed by atoms with van der Waals surface area (Å²) in [6.45, 7) is 1.56.